The summed E-state index contributed by atoms with van der Waals surface area (Å²) in [6.07, 6.45) is -3.49. The second-order valence-corrected chi connectivity index (χ2v) is 5.95. The van der Waals surface area contributed by atoms with Crippen LogP contribution in [0.3, 0.4) is 0 Å². The number of nitrogens with zero attached hydrogens (tertiary/aromatic N) is 1. The van der Waals surface area contributed by atoms with Crippen molar-refractivity contribution in [2.24, 2.45) is 11.7 Å². The van der Waals surface area contributed by atoms with Crippen molar-refractivity contribution in [1.29, 1.82) is 0 Å². The molecular weight excluding hydrogens is 289 g/mol. The second-order valence-electron chi connectivity index (χ2n) is 5.51. The van der Waals surface area contributed by atoms with E-state index in [1.807, 2.05) is 0 Å². The monoisotopic (exact) mass is 306 g/mol. The summed E-state index contributed by atoms with van der Waals surface area (Å²) in [6.45, 7) is 4.14. The van der Waals surface area contributed by atoms with Gasteiger partial charge in [0.2, 0.25) is 0 Å². The van der Waals surface area contributed by atoms with Crippen LogP contribution in [0.25, 0.3) is 0 Å². The lowest BCUT2D eigenvalue weighted by atomic mass is 9.94. The number of likely N-dealkylation sites (tertiary alicyclic amines) is 1. The fourth-order valence-electron chi connectivity index (χ4n) is 2.56. The summed E-state index contributed by atoms with van der Waals surface area (Å²) in [5, 5.41) is 0.122. The van der Waals surface area contributed by atoms with E-state index < -0.39 is 11.7 Å². The summed E-state index contributed by atoms with van der Waals surface area (Å²) in [7, 11) is 0. The van der Waals surface area contributed by atoms with Crippen LogP contribution in [0.15, 0.2) is 18.2 Å². The molecule has 2 nitrogen and oxygen atoms in total. The maximum atomic E-state index is 12.8. The minimum atomic E-state index is -4.36. The van der Waals surface area contributed by atoms with Crippen molar-refractivity contribution in [3.05, 3.63) is 34.3 Å². The topological polar surface area (TPSA) is 29.3 Å². The molecule has 1 aliphatic rings. The molecule has 0 spiro atoms. The molecule has 0 bridgehead atoms. The van der Waals surface area contributed by atoms with E-state index in [1.165, 1.54) is 6.07 Å². The average Bonchev–Trinajstić information content (AvgIpc) is 2.32. The molecule has 1 heterocycles. The number of piperidine rings is 1. The Morgan fingerprint density at radius 2 is 2.05 bits per heavy atom. The van der Waals surface area contributed by atoms with Gasteiger partial charge in [-0.2, -0.15) is 13.2 Å². The van der Waals surface area contributed by atoms with Crippen LogP contribution < -0.4 is 5.73 Å². The lowest BCUT2D eigenvalue weighted by Crippen LogP contribution is -2.45. The highest BCUT2D eigenvalue weighted by Gasteiger charge is 2.31. The summed E-state index contributed by atoms with van der Waals surface area (Å²) in [5.41, 5.74) is 5.84. The molecule has 112 valence electrons. The summed E-state index contributed by atoms with van der Waals surface area (Å²) < 4.78 is 38.3. The van der Waals surface area contributed by atoms with E-state index in [1.54, 1.807) is 6.07 Å². The molecule has 0 amide bonds. The molecule has 2 N–H and O–H groups in total. The predicted octanol–water partition coefficient (Wildman–Crippen LogP) is 3.53. The highest BCUT2D eigenvalue weighted by molar-refractivity contribution is 6.30. The number of alkyl halides is 3. The Labute approximate surface area is 121 Å². The Morgan fingerprint density at radius 1 is 1.35 bits per heavy atom. The summed E-state index contributed by atoms with van der Waals surface area (Å²) in [6, 6.07) is 3.90. The summed E-state index contributed by atoms with van der Waals surface area (Å²) >= 11 is 5.79. The maximum Gasteiger partial charge on any atom is 0.416 e. The first kappa shape index (κ1) is 15.6. The van der Waals surface area contributed by atoms with Crippen molar-refractivity contribution < 1.29 is 13.2 Å². The van der Waals surface area contributed by atoms with Crippen LogP contribution in [0.5, 0.6) is 0 Å². The van der Waals surface area contributed by atoms with Crippen LogP contribution in [0.2, 0.25) is 5.02 Å². The fourth-order valence-corrected chi connectivity index (χ4v) is 2.81. The molecule has 1 aliphatic heterocycles. The first-order chi connectivity index (χ1) is 9.25. The molecule has 1 fully saturated rings. The van der Waals surface area contributed by atoms with Crippen LogP contribution in [-0.2, 0) is 12.7 Å². The highest BCUT2D eigenvalue weighted by Crippen LogP contribution is 2.32. The maximum absolute atomic E-state index is 12.8. The normalized spacial score (nSPS) is 24.9. The third kappa shape index (κ3) is 3.87. The van der Waals surface area contributed by atoms with Gasteiger partial charge in [0.05, 0.1) is 5.56 Å². The number of nitrogens with two attached hydrogens (primary N) is 1. The van der Waals surface area contributed by atoms with Crippen molar-refractivity contribution in [2.45, 2.75) is 32.1 Å². The van der Waals surface area contributed by atoms with Gasteiger partial charge in [-0.15, -0.1) is 0 Å². The number of benzene rings is 1. The van der Waals surface area contributed by atoms with Crippen molar-refractivity contribution in [3.8, 4) is 0 Å². The minimum absolute atomic E-state index is 0.122. The van der Waals surface area contributed by atoms with E-state index in [9.17, 15) is 13.2 Å². The van der Waals surface area contributed by atoms with Gasteiger partial charge in [0.25, 0.3) is 0 Å². The molecule has 2 unspecified atom stereocenters. The summed E-state index contributed by atoms with van der Waals surface area (Å²) in [5.74, 6) is 0.352. The Hall–Kier alpha value is -0.780. The van der Waals surface area contributed by atoms with Gasteiger partial charge in [-0.25, -0.2) is 0 Å². The predicted molar refractivity (Wildman–Crippen MR) is 73.5 cm³/mol. The van der Waals surface area contributed by atoms with Gasteiger partial charge in [-0.3, -0.25) is 4.90 Å². The quantitative estimate of drug-likeness (QED) is 0.905. The molecule has 1 aromatic carbocycles. The van der Waals surface area contributed by atoms with Gasteiger partial charge < -0.3 is 5.73 Å². The SMILES string of the molecule is CC1CN(Cc2cc(Cl)cc(C(F)(F)F)c2)CCC1N. The van der Waals surface area contributed by atoms with Gasteiger partial charge in [-0.1, -0.05) is 18.5 Å². The van der Waals surface area contributed by atoms with E-state index in [-0.39, 0.29) is 11.1 Å². The molecule has 0 radical (unpaired) electrons. The number of halogens is 4. The Kier molecular flexibility index (Phi) is 4.62. The van der Waals surface area contributed by atoms with Gasteiger partial charge in [-0.05, 0) is 42.6 Å². The Bertz CT molecular complexity index is 476. The molecule has 6 heteroatoms. The van der Waals surface area contributed by atoms with E-state index in [0.717, 1.165) is 25.6 Å². The zero-order valence-electron chi connectivity index (χ0n) is 11.3. The zero-order valence-corrected chi connectivity index (χ0v) is 12.0. The third-order valence-electron chi connectivity index (χ3n) is 3.75. The molecule has 1 saturated heterocycles. The van der Waals surface area contributed by atoms with Gasteiger partial charge >= 0.3 is 6.18 Å². The number of rotatable bonds is 2. The second kappa shape index (κ2) is 5.92. The van der Waals surface area contributed by atoms with Gasteiger partial charge in [0.1, 0.15) is 0 Å². The first-order valence-corrected chi connectivity index (χ1v) is 6.98. The lowest BCUT2D eigenvalue weighted by Gasteiger charge is -2.35. The fraction of sp³-hybridized carbons (Fsp3) is 0.571. The van der Waals surface area contributed by atoms with E-state index in [2.05, 4.69) is 11.8 Å². The van der Waals surface area contributed by atoms with Crippen LogP contribution in [0.4, 0.5) is 13.2 Å². The Balaban J connectivity index is 2.12. The average molecular weight is 307 g/mol. The molecular formula is C14H18ClF3N2. The van der Waals surface area contributed by atoms with Crippen molar-refractivity contribution in [1.82, 2.24) is 4.90 Å². The molecule has 20 heavy (non-hydrogen) atoms. The van der Waals surface area contributed by atoms with Crippen LogP contribution >= 0.6 is 11.6 Å². The molecule has 2 rings (SSSR count). The zero-order chi connectivity index (χ0) is 14.9. The van der Waals surface area contributed by atoms with Gasteiger partial charge in [0, 0.05) is 24.2 Å². The van der Waals surface area contributed by atoms with Gasteiger partial charge in [0.15, 0.2) is 0 Å². The molecule has 0 aliphatic carbocycles. The van der Waals surface area contributed by atoms with E-state index in [0.29, 0.717) is 18.0 Å². The van der Waals surface area contributed by atoms with Crippen LogP contribution in [0, 0.1) is 5.92 Å². The third-order valence-corrected chi connectivity index (χ3v) is 3.97. The van der Waals surface area contributed by atoms with Crippen molar-refractivity contribution in [2.75, 3.05) is 13.1 Å². The van der Waals surface area contributed by atoms with Crippen molar-refractivity contribution in [3.63, 3.8) is 0 Å². The van der Waals surface area contributed by atoms with Crippen molar-refractivity contribution >= 4 is 11.6 Å². The smallest absolute Gasteiger partial charge is 0.327 e. The molecule has 1 aromatic rings. The van der Waals surface area contributed by atoms with E-state index >= 15 is 0 Å². The highest BCUT2D eigenvalue weighted by atomic mass is 35.5. The standard InChI is InChI=1S/C14H18ClF3N2/c1-9-7-20(3-2-13(9)19)8-10-4-11(14(16,17)18)6-12(15)5-10/h4-6,9,13H,2-3,7-8,19H2,1H3. The number of hydrogen-bond donors (Lipinski definition) is 1. The first-order valence-electron chi connectivity index (χ1n) is 6.60. The molecule has 2 atom stereocenters. The van der Waals surface area contributed by atoms with Crippen LogP contribution in [-0.4, -0.2) is 24.0 Å². The van der Waals surface area contributed by atoms with Crippen LogP contribution in [0.1, 0.15) is 24.5 Å². The largest absolute Gasteiger partial charge is 0.416 e. The molecule has 0 saturated carbocycles. The number of hydrogen-bond acceptors (Lipinski definition) is 2. The minimum Gasteiger partial charge on any atom is -0.327 e. The Morgan fingerprint density at radius 3 is 2.65 bits per heavy atom. The molecule has 0 aromatic heterocycles. The summed E-state index contributed by atoms with van der Waals surface area (Å²) in [4.78, 5) is 2.12. The lowest BCUT2D eigenvalue weighted by molar-refractivity contribution is -0.137. The van der Waals surface area contributed by atoms with E-state index in [4.69, 9.17) is 17.3 Å².